The average molecular weight is 602 g/mol. The van der Waals surface area contributed by atoms with Gasteiger partial charge < -0.3 is 10.1 Å². The molecule has 2 aromatic carbocycles. The zero-order valence-corrected chi connectivity index (χ0v) is 25.3. The van der Waals surface area contributed by atoms with Crippen LogP contribution in [0.5, 0.6) is 11.5 Å². The Bertz CT molecular complexity index is 1890. The summed E-state index contributed by atoms with van der Waals surface area (Å²) in [5.74, 6) is -0.739. The monoisotopic (exact) mass is 601 g/mol. The minimum absolute atomic E-state index is 0.0277. The van der Waals surface area contributed by atoms with E-state index in [1.54, 1.807) is 67.5 Å². The Kier molecular flexibility index (Phi) is 8.02. The quantitative estimate of drug-likeness (QED) is 0.215. The van der Waals surface area contributed by atoms with Crippen LogP contribution in [0.1, 0.15) is 49.6 Å². The summed E-state index contributed by atoms with van der Waals surface area (Å²) in [5, 5.41) is 6.65. The molecule has 0 radical (unpaired) electrons. The van der Waals surface area contributed by atoms with E-state index in [4.69, 9.17) is 4.74 Å². The highest BCUT2D eigenvalue weighted by Crippen LogP contribution is 2.36. The molecule has 3 aromatic heterocycles. The molecule has 0 spiro atoms. The van der Waals surface area contributed by atoms with E-state index in [0.717, 1.165) is 0 Å². The van der Waals surface area contributed by atoms with Crippen LogP contribution >= 0.6 is 0 Å². The normalized spacial score (nSPS) is 12.7. The minimum Gasteiger partial charge on any atom is -0.453 e. The van der Waals surface area contributed by atoms with Gasteiger partial charge in [-0.25, -0.2) is 12.8 Å². The third kappa shape index (κ3) is 6.41. The molecule has 3 heterocycles. The summed E-state index contributed by atoms with van der Waals surface area (Å²) in [6.45, 7) is 9.29. The molecule has 1 amide bonds. The fourth-order valence-electron chi connectivity index (χ4n) is 4.65. The van der Waals surface area contributed by atoms with Crippen molar-refractivity contribution in [2.75, 3.05) is 5.32 Å². The van der Waals surface area contributed by atoms with E-state index >= 15 is 4.39 Å². The maximum Gasteiger partial charge on any atom is 0.228 e. The topological polar surface area (TPSA) is 116 Å². The molecule has 0 saturated carbocycles. The standard InChI is InChI=1S/C32H32FN5O4S/c1-20-13-22(15-30(39)37-24-18-36-38(19-24)32(3,4)5)14-27(33)31(20)42-29-10-12-35-28-9-8-25(16-26(28)29)43(40,41)21(2)23-7-6-11-34-17-23/h6-14,16-19,21H,15H2,1-5H3,(H,37,39)/t21-/m1/s1. The molecule has 9 nitrogen and oxygen atoms in total. The number of benzene rings is 2. The zero-order chi connectivity index (χ0) is 30.9. The Labute approximate surface area is 249 Å². The number of hydrogen-bond donors (Lipinski definition) is 1. The molecule has 1 N–H and O–H groups in total. The van der Waals surface area contributed by atoms with Gasteiger partial charge in [0.25, 0.3) is 0 Å². The Morgan fingerprint density at radius 1 is 1.09 bits per heavy atom. The van der Waals surface area contributed by atoms with Gasteiger partial charge in [0.2, 0.25) is 5.91 Å². The number of nitrogens with zero attached hydrogens (tertiary/aromatic N) is 4. The van der Waals surface area contributed by atoms with Crippen molar-refractivity contribution in [1.29, 1.82) is 0 Å². The number of hydrogen-bond acceptors (Lipinski definition) is 7. The van der Waals surface area contributed by atoms with Crippen LogP contribution in [0.3, 0.4) is 0 Å². The first kappa shape index (κ1) is 29.8. The molecule has 0 bridgehead atoms. The smallest absolute Gasteiger partial charge is 0.228 e. The molecule has 0 aliphatic rings. The molecule has 0 saturated heterocycles. The molecule has 43 heavy (non-hydrogen) atoms. The molecule has 0 unspecified atom stereocenters. The van der Waals surface area contributed by atoms with Crippen molar-refractivity contribution in [3.63, 3.8) is 0 Å². The summed E-state index contributed by atoms with van der Waals surface area (Å²) in [4.78, 5) is 21.1. The molecule has 5 rings (SSSR count). The van der Waals surface area contributed by atoms with Crippen LogP contribution in [-0.2, 0) is 26.6 Å². The third-order valence-corrected chi connectivity index (χ3v) is 9.15. The van der Waals surface area contributed by atoms with Gasteiger partial charge in [-0.15, -0.1) is 0 Å². The Morgan fingerprint density at radius 2 is 1.88 bits per heavy atom. The van der Waals surface area contributed by atoms with Crippen molar-refractivity contribution in [3.05, 3.63) is 102 Å². The number of ether oxygens (including phenoxy) is 1. The van der Waals surface area contributed by atoms with Gasteiger partial charge in [0.05, 0.1) is 39.5 Å². The number of anilines is 1. The lowest BCUT2D eigenvalue weighted by atomic mass is 10.1. The Balaban J connectivity index is 1.38. The first-order valence-electron chi connectivity index (χ1n) is 13.7. The fraction of sp³-hybridized carbons (Fsp3) is 0.250. The van der Waals surface area contributed by atoms with Gasteiger partial charge in [-0.3, -0.25) is 19.4 Å². The second-order valence-corrected chi connectivity index (χ2v) is 13.6. The summed E-state index contributed by atoms with van der Waals surface area (Å²) >= 11 is 0. The number of nitrogens with one attached hydrogen (secondary N) is 1. The van der Waals surface area contributed by atoms with Gasteiger partial charge in [-0.2, -0.15) is 5.10 Å². The fourth-order valence-corrected chi connectivity index (χ4v) is 6.10. The predicted molar refractivity (Wildman–Crippen MR) is 162 cm³/mol. The number of amides is 1. The largest absolute Gasteiger partial charge is 0.453 e. The van der Waals surface area contributed by atoms with Gasteiger partial charge in [-0.05, 0) is 87.7 Å². The Hall–Kier alpha value is -4.64. The van der Waals surface area contributed by atoms with Crippen LogP contribution < -0.4 is 10.1 Å². The van der Waals surface area contributed by atoms with Crippen molar-refractivity contribution < 1.29 is 22.3 Å². The second kappa shape index (κ2) is 11.6. The number of fused-ring (bicyclic) bond motifs is 1. The first-order chi connectivity index (χ1) is 20.3. The number of rotatable bonds is 8. The number of pyridine rings is 2. The summed E-state index contributed by atoms with van der Waals surface area (Å²) in [7, 11) is -3.78. The van der Waals surface area contributed by atoms with Crippen LogP contribution in [0.25, 0.3) is 10.9 Å². The van der Waals surface area contributed by atoms with E-state index in [-0.39, 0.29) is 34.3 Å². The van der Waals surface area contributed by atoms with E-state index in [1.165, 1.54) is 30.6 Å². The van der Waals surface area contributed by atoms with Gasteiger partial charge in [0, 0.05) is 30.2 Å². The van der Waals surface area contributed by atoms with Crippen LogP contribution in [0.15, 0.2) is 84.4 Å². The lowest BCUT2D eigenvalue weighted by Gasteiger charge is -2.18. The maximum atomic E-state index is 15.4. The van der Waals surface area contributed by atoms with Crippen molar-refractivity contribution in [3.8, 4) is 11.5 Å². The van der Waals surface area contributed by atoms with E-state index in [0.29, 0.717) is 33.3 Å². The summed E-state index contributed by atoms with van der Waals surface area (Å²) < 4.78 is 50.1. The first-order valence-corrected chi connectivity index (χ1v) is 15.2. The van der Waals surface area contributed by atoms with Crippen LogP contribution in [-0.4, -0.2) is 34.1 Å². The summed E-state index contributed by atoms with van der Waals surface area (Å²) in [6, 6.07) is 12.5. The number of sulfone groups is 1. The molecule has 222 valence electrons. The van der Waals surface area contributed by atoms with Crippen molar-refractivity contribution in [1.82, 2.24) is 19.7 Å². The van der Waals surface area contributed by atoms with Crippen molar-refractivity contribution in [2.24, 2.45) is 0 Å². The van der Waals surface area contributed by atoms with Crippen LogP contribution in [0.4, 0.5) is 10.1 Å². The molecule has 0 fully saturated rings. The average Bonchev–Trinajstić information content (AvgIpc) is 3.44. The minimum atomic E-state index is -3.78. The highest BCUT2D eigenvalue weighted by molar-refractivity contribution is 7.91. The molecule has 5 aromatic rings. The SMILES string of the molecule is Cc1cc(CC(=O)Nc2cnn(C(C)(C)C)c2)cc(F)c1Oc1ccnc2ccc(S(=O)(=O)[C@H](C)c3cccnc3)cc12. The van der Waals surface area contributed by atoms with Crippen molar-refractivity contribution >= 4 is 32.3 Å². The van der Waals surface area contributed by atoms with Gasteiger partial charge in [0.1, 0.15) is 5.75 Å². The van der Waals surface area contributed by atoms with E-state index in [9.17, 15) is 13.2 Å². The number of aryl methyl sites for hydroxylation is 1. The molecular formula is C32H32FN5O4S. The van der Waals surface area contributed by atoms with E-state index in [2.05, 4.69) is 20.4 Å². The van der Waals surface area contributed by atoms with Crippen LogP contribution in [0, 0.1) is 12.7 Å². The highest BCUT2D eigenvalue weighted by atomic mass is 32.2. The number of halogens is 1. The molecule has 11 heteroatoms. The number of carbonyl (C=O) groups is 1. The highest BCUT2D eigenvalue weighted by Gasteiger charge is 2.26. The number of carbonyl (C=O) groups excluding carboxylic acids is 1. The van der Waals surface area contributed by atoms with Gasteiger partial charge in [0.15, 0.2) is 21.4 Å². The molecule has 1 atom stereocenters. The van der Waals surface area contributed by atoms with Gasteiger partial charge in [-0.1, -0.05) is 12.1 Å². The zero-order valence-electron chi connectivity index (χ0n) is 24.5. The number of aromatic nitrogens is 4. The molecule has 0 aliphatic carbocycles. The lowest BCUT2D eigenvalue weighted by Crippen LogP contribution is -2.22. The molecular weight excluding hydrogens is 569 g/mol. The second-order valence-electron chi connectivity index (χ2n) is 11.4. The van der Waals surface area contributed by atoms with Crippen LogP contribution in [0.2, 0.25) is 0 Å². The lowest BCUT2D eigenvalue weighted by molar-refractivity contribution is -0.115. The Morgan fingerprint density at radius 3 is 2.56 bits per heavy atom. The third-order valence-electron chi connectivity index (χ3n) is 7.04. The van der Waals surface area contributed by atoms with Gasteiger partial charge >= 0.3 is 0 Å². The molecule has 0 aliphatic heterocycles. The van der Waals surface area contributed by atoms with E-state index < -0.39 is 20.9 Å². The van der Waals surface area contributed by atoms with E-state index in [1.807, 2.05) is 20.8 Å². The summed E-state index contributed by atoms with van der Waals surface area (Å²) in [6.07, 6.45) is 7.89. The summed E-state index contributed by atoms with van der Waals surface area (Å²) in [5.41, 5.74) is 2.33. The van der Waals surface area contributed by atoms with Crippen molar-refractivity contribution in [2.45, 2.75) is 56.7 Å². The maximum absolute atomic E-state index is 15.4. The predicted octanol–water partition coefficient (Wildman–Crippen LogP) is 6.54.